The molecule has 0 saturated carbocycles. The molecule has 2 aromatic carbocycles. The van der Waals surface area contributed by atoms with E-state index >= 15 is 0 Å². The van der Waals surface area contributed by atoms with E-state index in [9.17, 15) is 29.8 Å². The molecule has 0 aliphatic rings. The number of carbonyl (C=O) groups is 2. The maximum atomic E-state index is 11.6. The molecule has 0 amide bonds. The Kier molecular flexibility index (Phi) is 5.90. The maximum absolute atomic E-state index is 11.6. The molecular formula is C17H16N4O8. The van der Waals surface area contributed by atoms with Crippen molar-refractivity contribution in [1.82, 2.24) is 0 Å². The van der Waals surface area contributed by atoms with Gasteiger partial charge in [-0.2, -0.15) is 0 Å². The SMILES string of the molecule is NCCC(N)(c1ccc(C(=O)O)cc1[N+](=O)[O-])c1ccc(C(=O)O)cc1[N+](=O)[O-]. The molecule has 12 heteroatoms. The molecule has 0 bridgehead atoms. The van der Waals surface area contributed by atoms with E-state index in [1.165, 1.54) is 0 Å². The highest BCUT2D eigenvalue weighted by Gasteiger charge is 2.40. The van der Waals surface area contributed by atoms with Gasteiger partial charge in [0.05, 0.1) is 37.6 Å². The second-order valence-corrected chi connectivity index (χ2v) is 6.10. The van der Waals surface area contributed by atoms with Crippen LogP contribution >= 0.6 is 0 Å². The summed E-state index contributed by atoms with van der Waals surface area (Å²) in [5, 5.41) is 41.3. The second kappa shape index (κ2) is 8.00. The Morgan fingerprint density at radius 1 is 0.897 bits per heavy atom. The fraction of sp³-hybridized carbons (Fsp3) is 0.176. The lowest BCUT2D eigenvalue weighted by Crippen LogP contribution is -2.41. The number of carboxylic acids is 2. The molecule has 0 atom stereocenters. The molecule has 152 valence electrons. The van der Waals surface area contributed by atoms with Gasteiger partial charge in [0.2, 0.25) is 0 Å². The molecule has 0 aromatic heterocycles. The molecular weight excluding hydrogens is 388 g/mol. The van der Waals surface area contributed by atoms with Crippen LogP contribution < -0.4 is 11.5 Å². The Morgan fingerprint density at radius 3 is 1.55 bits per heavy atom. The normalized spacial score (nSPS) is 11.1. The molecule has 0 spiro atoms. The van der Waals surface area contributed by atoms with Crippen molar-refractivity contribution in [2.24, 2.45) is 11.5 Å². The Morgan fingerprint density at radius 2 is 1.28 bits per heavy atom. The lowest BCUT2D eigenvalue weighted by atomic mass is 9.78. The van der Waals surface area contributed by atoms with Crippen molar-refractivity contribution >= 4 is 23.3 Å². The van der Waals surface area contributed by atoms with Gasteiger partial charge in [0.1, 0.15) is 0 Å². The average molecular weight is 404 g/mol. The third-order valence-electron chi connectivity index (χ3n) is 4.38. The van der Waals surface area contributed by atoms with Gasteiger partial charge in [-0.3, -0.25) is 20.2 Å². The number of rotatable bonds is 8. The lowest BCUT2D eigenvalue weighted by molar-refractivity contribution is -0.387. The molecule has 12 nitrogen and oxygen atoms in total. The molecule has 0 aliphatic heterocycles. The van der Waals surface area contributed by atoms with Crippen molar-refractivity contribution in [3.8, 4) is 0 Å². The zero-order valence-corrected chi connectivity index (χ0v) is 14.8. The molecule has 0 aliphatic carbocycles. The summed E-state index contributed by atoms with van der Waals surface area (Å²) in [6, 6.07) is 5.97. The van der Waals surface area contributed by atoms with Crippen molar-refractivity contribution in [3.05, 3.63) is 78.9 Å². The smallest absolute Gasteiger partial charge is 0.335 e. The summed E-state index contributed by atoms with van der Waals surface area (Å²) in [5.74, 6) is -2.81. The van der Waals surface area contributed by atoms with Gasteiger partial charge in [0.15, 0.2) is 0 Å². The maximum Gasteiger partial charge on any atom is 0.335 e. The fourth-order valence-electron chi connectivity index (χ4n) is 3.03. The van der Waals surface area contributed by atoms with Crippen molar-refractivity contribution in [2.45, 2.75) is 12.0 Å². The monoisotopic (exact) mass is 404 g/mol. The van der Waals surface area contributed by atoms with Crippen molar-refractivity contribution in [3.63, 3.8) is 0 Å². The van der Waals surface area contributed by atoms with Crippen LogP contribution in [0.1, 0.15) is 38.3 Å². The van der Waals surface area contributed by atoms with Gasteiger partial charge < -0.3 is 21.7 Å². The fourth-order valence-corrected chi connectivity index (χ4v) is 3.03. The number of benzene rings is 2. The first-order valence-corrected chi connectivity index (χ1v) is 8.06. The lowest BCUT2D eigenvalue weighted by Gasteiger charge is -2.29. The molecule has 0 heterocycles. The van der Waals surface area contributed by atoms with Gasteiger partial charge in [0, 0.05) is 12.1 Å². The largest absolute Gasteiger partial charge is 0.478 e. The number of nitrogens with zero attached hydrogens (tertiary/aromatic N) is 2. The summed E-state index contributed by atoms with van der Waals surface area (Å²) >= 11 is 0. The molecule has 0 unspecified atom stereocenters. The first-order chi connectivity index (χ1) is 13.5. The van der Waals surface area contributed by atoms with E-state index in [4.69, 9.17) is 21.7 Å². The van der Waals surface area contributed by atoms with E-state index in [2.05, 4.69) is 0 Å². The first kappa shape index (κ1) is 21.4. The van der Waals surface area contributed by atoms with E-state index in [1.807, 2.05) is 0 Å². The Labute approximate surface area is 162 Å². The topological polar surface area (TPSA) is 213 Å². The highest BCUT2D eigenvalue weighted by atomic mass is 16.6. The average Bonchev–Trinajstić information content (AvgIpc) is 2.66. The quantitative estimate of drug-likeness (QED) is 0.367. The van der Waals surface area contributed by atoms with Crippen LogP contribution in [0.5, 0.6) is 0 Å². The van der Waals surface area contributed by atoms with Crippen LogP contribution in [-0.2, 0) is 5.54 Å². The number of aromatic carboxylic acids is 2. The van der Waals surface area contributed by atoms with Crippen LogP contribution in [0.15, 0.2) is 36.4 Å². The summed E-state index contributed by atoms with van der Waals surface area (Å²) in [4.78, 5) is 43.7. The minimum Gasteiger partial charge on any atom is -0.478 e. The number of hydrogen-bond donors (Lipinski definition) is 4. The van der Waals surface area contributed by atoms with Crippen LogP contribution in [0.4, 0.5) is 11.4 Å². The number of carboxylic acid groups (broad SMARTS) is 2. The van der Waals surface area contributed by atoms with Crippen LogP contribution in [0.2, 0.25) is 0 Å². The minimum absolute atomic E-state index is 0.119. The second-order valence-electron chi connectivity index (χ2n) is 6.10. The molecule has 0 saturated heterocycles. The zero-order chi connectivity index (χ0) is 21.9. The zero-order valence-electron chi connectivity index (χ0n) is 14.8. The van der Waals surface area contributed by atoms with Crippen LogP contribution in [0, 0.1) is 20.2 Å². The molecule has 2 aromatic rings. The molecule has 0 fully saturated rings. The molecule has 2 rings (SSSR count). The third kappa shape index (κ3) is 4.02. The van der Waals surface area contributed by atoms with Crippen LogP contribution in [0.25, 0.3) is 0 Å². The van der Waals surface area contributed by atoms with Crippen LogP contribution in [-0.4, -0.2) is 38.5 Å². The van der Waals surface area contributed by atoms with E-state index in [0.29, 0.717) is 0 Å². The predicted molar refractivity (Wildman–Crippen MR) is 98.8 cm³/mol. The van der Waals surface area contributed by atoms with Crippen molar-refractivity contribution in [2.75, 3.05) is 6.54 Å². The highest BCUT2D eigenvalue weighted by molar-refractivity contribution is 5.89. The van der Waals surface area contributed by atoms with E-state index in [1.54, 1.807) is 0 Å². The third-order valence-corrected chi connectivity index (χ3v) is 4.38. The summed E-state index contributed by atoms with van der Waals surface area (Å²) < 4.78 is 0. The summed E-state index contributed by atoms with van der Waals surface area (Å²) in [5.41, 5.74) is 7.70. The van der Waals surface area contributed by atoms with Gasteiger partial charge in [0.25, 0.3) is 11.4 Å². The van der Waals surface area contributed by atoms with Gasteiger partial charge in [-0.15, -0.1) is 0 Å². The number of hydrogen-bond acceptors (Lipinski definition) is 8. The summed E-state index contributed by atoms with van der Waals surface area (Å²) in [7, 11) is 0. The molecule has 6 N–H and O–H groups in total. The predicted octanol–water partition coefficient (Wildman–Crippen LogP) is 1.45. The van der Waals surface area contributed by atoms with E-state index in [0.717, 1.165) is 36.4 Å². The van der Waals surface area contributed by atoms with Crippen LogP contribution in [0.3, 0.4) is 0 Å². The standard InChI is InChI=1S/C17H16N4O8/c18-6-5-17(19,11-3-1-9(15(22)23)7-13(11)20(26)27)12-4-2-10(16(24)25)8-14(12)21(28)29/h1-4,7-8H,5-6,18-19H2,(H,22,23)(H,24,25). The Balaban J connectivity index is 2.85. The Hall–Kier alpha value is -3.90. The number of nitro groups is 2. The van der Waals surface area contributed by atoms with E-state index in [-0.39, 0.29) is 35.2 Å². The highest BCUT2D eigenvalue weighted by Crippen LogP contribution is 2.40. The van der Waals surface area contributed by atoms with Gasteiger partial charge in [-0.05, 0) is 37.2 Å². The Bertz CT molecular complexity index is 945. The summed E-state index contributed by atoms with van der Waals surface area (Å²) in [6.45, 7) is -0.119. The summed E-state index contributed by atoms with van der Waals surface area (Å²) in [6.07, 6.45) is -0.173. The van der Waals surface area contributed by atoms with Crippen molar-refractivity contribution in [1.29, 1.82) is 0 Å². The van der Waals surface area contributed by atoms with Gasteiger partial charge in [-0.25, -0.2) is 9.59 Å². The number of nitrogens with two attached hydrogens (primary N) is 2. The van der Waals surface area contributed by atoms with Gasteiger partial charge >= 0.3 is 11.9 Å². The van der Waals surface area contributed by atoms with Crippen molar-refractivity contribution < 1.29 is 29.6 Å². The van der Waals surface area contributed by atoms with E-state index < -0.39 is 38.7 Å². The molecule has 29 heavy (non-hydrogen) atoms. The molecule has 0 radical (unpaired) electrons. The first-order valence-electron chi connectivity index (χ1n) is 8.06. The number of nitro benzene ring substituents is 2. The minimum atomic E-state index is -1.85. The van der Waals surface area contributed by atoms with Gasteiger partial charge in [-0.1, -0.05) is 0 Å².